The standard InChI is InChI=1S/C28H34N4O3/c1-2-3-16-35-28(23-12-8-5-9-13-23)19-32(20-28)27(34)25(17-22-10-6-4-7-11-22)31-18-24(30-21-31)14-15-26(29)33/h4-13,18,21,25H,2-3,14-17,19-20H2,1H3,(H2,29,33)/t25-/m1/s1. The number of hydrogen-bond donors (Lipinski definition) is 1. The first-order valence-electron chi connectivity index (χ1n) is 12.3. The van der Waals surface area contributed by atoms with E-state index in [9.17, 15) is 9.59 Å². The zero-order chi connectivity index (χ0) is 24.7. The molecule has 2 aromatic carbocycles. The number of amides is 2. The molecule has 1 aliphatic rings. The fraction of sp³-hybridized carbons (Fsp3) is 0.393. The molecule has 184 valence electrons. The zero-order valence-electron chi connectivity index (χ0n) is 20.3. The minimum Gasteiger partial charge on any atom is -0.370 e. The molecule has 2 N–H and O–H groups in total. The number of likely N-dealkylation sites (tertiary alicyclic amines) is 1. The molecule has 1 aromatic heterocycles. The Labute approximate surface area is 206 Å². The van der Waals surface area contributed by atoms with E-state index in [1.807, 2.05) is 64.2 Å². The van der Waals surface area contributed by atoms with Gasteiger partial charge in [0, 0.05) is 25.6 Å². The van der Waals surface area contributed by atoms with Gasteiger partial charge in [-0.2, -0.15) is 0 Å². The lowest BCUT2D eigenvalue weighted by Crippen LogP contribution is -2.63. The summed E-state index contributed by atoms with van der Waals surface area (Å²) in [6, 6.07) is 19.7. The van der Waals surface area contributed by atoms with Crippen molar-refractivity contribution in [3.8, 4) is 0 Å². The fourth-order valence-corrected chi connectivity index (χ4v) is 4.54. The minimum atomic E-state index is -0.467. The van der Waals surface area contributed by atoms with Gasteiger partial charge >= 0.3 is 0 Å². The first-order valence-corrected chi connectivity index (χ1v) is 12.3. The van der Waals surface area contributed by atoms with Gasteiger partial charge < -0.3 is 19.9 Å². The Morgan fingerprint density at radius 2 is 1.77 bits per heavy atom. The number of nitrogens with two attached hydrogens (primary N) is 1. The van der Waals surface area contributed by atoms with E-state index < -0.39 is 11.6 Å². The molecule has 1 saturated heterocycles. The Balaban J connectivity index is 1.53. The first kappa shape index (κ1) is 24.7. The van der Waals surface area contributed by atoms with E-state index in [-0.39, 0.29) is 18.2 Å². The van der Waals surface area contributed by atoms with Gasteiger partial charge in [-0.1, -0.05) is 74.0 Å². The Morgan fingerprint density at radius 3 is 2.43 bits per heavy atom. The summed E-state index contributed by atoms with van der Waals surface area (Å²) in [5, 5.41) is 0. The molecule has 0 saturated carbocycles. The molecular formula is C28H34N4O3. The average Bonchev–Trinajstić information content (AvgIpc) is 3.32. The number of ether oxygens (including phenoxy) is 1. The van der Waals surface area contributed by atoms with Crippen LogP contribution in [0.15, 0.2) is 73.2 Å². The van der Waals surface area contributed by atoms with Crippen molar-refractivity contribution >= 4 is 11.8 Å². The van der Waals surface area contributed by atoms with Crippen LogP contribution in [0.25, 0.3) is 0 Å². The van der Waals surface area contributed by atoms with E-state index >= 15 is 0 Å². The highest BCUT2D eigenvalue weighted by Gasteiger charge is 2.49. The first-order chi connectivity index (χ1) is 17.0. The van der Waals surface area contributed by atoms with Crippen LogP contribution in [0.5, 0.6) is 0 Å². The van der Waals surface area contributed by atoms with Crippen LogP contribution in [-0.4, -0.2) is 46.0 Å². The zero-order valence-corrected chi connectivity index (χ0v) is 20.3. The van der Waals surface area contributed by atoms with Gasteiger partial charge in [0.1, 0.15) is 11.6 Å². The average molecular weight is 475 g/mol. The molecule has 0 unspecified atom stereocenters. The number of nitrogens with zero attached hydrogens (tertiary/aromatic N) is 3. The third-order valence-corrected chi connectivity index (χ3v) is 6.58. The highest BCUT2D eigenvalue weighted by atomic mass is 16.5. The number of carbonyl (C=O) groups is 2. The third-order valence-electron chi connectivity index (χ3n) is 6.58. The third kappa shape index (κ3) is 5.98. The molecule has 35 heavy (non-hydrogen) atoms. The Morgan fingerprint density at radius 1 is 1.09 bits per heavy atom. The van der Waals surface area contributed by atoms with E-state index in [2.05, 4.69) is 24.0 Å². The smallest absolute Gasteiger partial charge is 0.246 e. The monoisotopic (exact) mass is 474 g/mol. The van der Waals surface area contributed by atoms with Gasteiger partial charge in [0.2, 0.25) is 11.8 Å². The van der Waals surface area contributed by atoms with Gasteiger partial charge in [-0.05, 0) is 24.0 Å². The number of benzene rings is 2. The van der Waals surface area contributed by atoms with Gasteiger partial charge in [0.05, 0.1) is 25.1 Å². The lowest BCUT2D eigenvalue weighted by Gasteiger charge is -2.51. The highest BCUT2D eigenvalue weighted by molar-refractivity contribution is 5.82. The Bertz CT molecular complexity index is 1110. The molecule has 1 aliphatic heterocycles. The molecule has 0 radical (unpaired) electrons. The summed E-state index contributed by atoms with van der Waals surface area (Å²) in [4.78, 5) is 31.3. The number of unbranched alkanes of at least 4 members (excludes halogenated alkanes) is 1. The maximum atomic E-state index is 13.8. The van der Waals surface area contributed by atoms with Gasteiger partial charge in [0.15, 0.2) is 0 Å². The fourth-order valence-electron chi connectivity index (χ4n) is 4.54. The molecule has 2 heterocycles. The molecule has 7 nitrogen and oxygen atoms in total. The predicted molar refractivity (Wildman–Crippen MR) is 134 cm³/mol. The van der Waals surface area contributed by atoms with E-state index in [4.69, 9.17) is 10.5 Å². The van der Waals surface area contributed by atoms with Crippen molar-refractivity contribution in [1.29, 1.82) is 0 Å². The van der Waals surface area contributed by atoms with E-state index in [0.717, 1.165) is 29.7 Å². The van der Waals surface area contributed by atoms with Crippen LogP contribution in [0, 0.1) is 0 Å². The molecule has 4 rings (SSSR count). The largest absolute Gasteiger partial charge is 0.370 e. The summed E-state index contributed by atoms with van der Waals surface area (Å²) in [7, 11) is 0. The van der Waals surface area contributed by atoms with Crippen LogP contribution in [0.2, 0.25) is 0 Å². The van der Waals surface area contributed by atoms with Crippen LogP contribution < -0.4 is 5.73 Å². The molecule has 2 amide bonds. The van der Waals surface area contributed by atoms with Crippen LogP contribution in [0.4, 0.5) is 0 Å². The topological polar surface area (TPSA) is 90.4 Å². The summed E-state index contributed by atoms with van der Waals surface area (Å²) in [5.74, 6) is -0.323. The second-order valence-corrected chi connectivity index (χ2v) is 9.24. The van der Waals surface area contributed by atoms with Crippen LogP contribution >= 0.6 is 0 Å². The quantitative estimate of drug-likeness (QED) is 0.406. The normalized spacial score (nSPS) is 15.4. The molecule has 3 aromatic rings. The van der Waals surface area contributed by atoms with E-state index in [1.54, 1.807) is 6.33 Å². The molecule has 0 spiro atoms. The Hall–Kier alpha value is -3.45. The van der Waals surface area contributed by atoms with Crippen molar-refractivity contribution in [2.45, 2.75) is 50.7 Å². The molecule has 0 aliphatic carbocycles. The number of hydrogen-bond acceptors (Lipinski definition) is 4. The molecule has 7 heteroatoms. The number of imidazole rings is 1. The maximum Gasteiger partial charge on any atom is 0.246 e. The van der Waals surface area contributed by atoms with Crippen molar-refractivity contribution in [2.24, 2.45) is 5.73 Å². The molecule has 1 fully saturated rings. The highest BCUT2D eigenvalue weighted by Crippen LogP contribution is 2.37. The van der Waals surface area contributed by atoms with E-state index in [1.165, 1.54) is 0 Å². The van der Waals surface area contributed by atoms with Crippen LogP contribution in [0.1, 0.15) is 49.0 Å². The molecule has 0 bridgehead atoms. The lowest BCUT2D eigenvalue weighted by atomic mass is 9.84. The van der Waals surface area contributed by atoms with Gasteiger partial charge in [-0.3, -0.25) is 9.59 Å². The van der Waals surface area contributed by atoms with Crippen LogP contribution in [-0.2, 0) is 32.8 Å². The van der Waals surface area contributed by atoms with Crippen molar-refractivity contribution in [3.05, 3.63) is 90.0 Å². The number of aryl methyl sites for hydroxylation is 1. The second-order valence-electron chi connectivity index (χ2n) is 9.24. The number of primary amides is 1. The van der Waals surface area contributed by atoms with Crippen LogP contribution in [0.3, 0.4) is 0 Å². The number of aromatic nitrogens is 2. The molecule has 1 atom stereocenters. The number of rotatable bonds is 12. The SMILES string of the molecule is CCCCOC1(c2ccccc2)CN(C(=O)[C@@H](Cc2ccccc2)n2cnc(CCC(N)=O)c2)C1. The Kier molecular flexibility index (Phi) is 7.98. The van der Waals surface area contributed by atoms with Gasteiger partial charge in [0.25, 0.3) is 0 Å². The lowest BCUT2D eigenvalue weighted by molar-refractivity contribution is -0.176. The number of carbonyl (C=O) groups excluding carboxylic acids is 2. The van der Waals surface area contributed by atoms with Crippen molar-refractivity contribution in [1.82, 2.24) is 14.5 Å². The maximum absolute atomic E-state index is 13.8. The van der Waals surface area contributed by atoms with Gasteiger partial charge in [-0.15, -0.1) is 0 Å². The second kappa shape index (κ2) is 11.3. The summed E-state index contributed by atoms with van der Waals surface area (Å²) >= 11 is 0. The summed E-state index contributed by atoms with van der Waals surface area (Å²) in [6.07, 6.45) is 6.83. The molecular weight excluding hydrogens is 440 g/mol. The summed E-state index contributed by atoms with van der Waals surface area (Å²) in [6.45, 7) is 3.86. The summed E-state index contributed by atoms with van der Waals surface area (Å²) < 4.78 is 8.25. The van der Waals surface area contributed by atoms with Crippen molar-refractivity contribution in [2.75, 3.05) is 19.7 Å². The summed E-state index contributed by atoms with van der Waals surface area (Å²) in [5.41, 5.74) is 7.76. The van der Waals surface area contributed by atoms with Crippen molar-refractivity contribution < 1.29 is 14.3 Å². The minimum absolute atomic E-state index is 0.0401. The van der Waals surface area contributed by atoms with Gasteiger partial charge in [-0.25, -0.2) is 4.98 Å². The van der Waals surface area contributed by atoms with E-state index in [0.29, 0.717) is 32.5 Å². The predicted octanol–water partition coefficient (Wildman–Crippen LogP) is 3.64. The van der Waals surface area contributed by atoms with Crippen molar-refractivity contribution in [3.63, 3.8) is 0 Å².